The maximum absolute atomic E-state index is 13.1. The van der Waals surface area contributed by atoms with Gasteiger partial charge in [0.25, 0.3) is 5.91 Å². The van der Waals surface area contributed by atoms with Gasteiger partial charge in [0.1, 0.15) is 24.1 Å². The molecule has 9 heteroatoms. The number of carbonyl (C=O) groups is 1. The summed E-state index contributed by atoms with van der Waals surface area (Å²) < 4.78 is 13.0. The Labute approximate surface area is 188 Å². The summed E-state index contributed by atoms with van der Waals surface area (Å²) in [4.78, 5) is 22.6. The molecular weight excluding hydrogens is 426 g/mol. The Kier molecular flexibility index (Phi) is 5.71. The van der Waals surface area contributed by atoms with E-state index >= 15 is 0 Å². The number of anilines is 1. The normalized spacial score (nSPS) is 12.4. The topological polar surface area (TPSA) is 91.2 Å². The highest BCUT2D eigenvalue weighted by atomic mass is 32.2. The zero-order valence-corrected chi connectivity index (χ0v) is 17.8. The SMILES string of the molecule is O=C(Nc1ccnn1Cc1cccnc1)c1cccnc1Sc1ccc2c(c1)OCCO2. The molecule has 1 aliphatic heterocycles. The van der Waals surface area contributed by atoms with Gasteiger partial charge in [0.05, 0.1) is 18.3 Å². The molecule has 1 aliphatic rings. The lowest BCUT2D eigenvalue weighted by molar-refractivity contribution is 0.102. The quantitative estimate of drug-likeness (QED) is 0.481. The van der Waals surface area contributed by atoms with E-state index in [-0.39, 0.29) is 5.91 Å². The summed E-state index contributed by atoms with van der Waals surface area (Å²) in [6.45, 7) is 1.56. The van der Waals surface area contributed by atoms with Crippen LogP contribution in [0.3, 0.4) is 0 Å². The minimum Gasteiger partial charge on any atom is -0.486 e. The van der Waals surface area contributed by atoms with E-state index in [9.17, 15) is 4.79 Å². The van der Waals surface area contributed by atoms with Crippen molar-refractivity contribution in [3.05, 3.63) is 84.4 Å². The van der Waals surface area contributed by atoms with Crippen LogP contribution in [0.25, 0.3) is 0 Å². The van der Waals surface area contributed by atoms with Gasteiger partial charge >= 0.3 is 0 Å². The number of carbonyl (C=O) groups excluding carboxylic acids is 1. The van der Waals surface area contributed by atoms with Crippen LogP contribution in [-0.4, -0.2) is 38.9 Å². The van der Waals surface area contributed by atoms with Gasteiger partial charge in [0.2, 0.25) is 0 Å². The molecule has 4 heterocycles. The third-order valence-electron chi connectivity index (χ3n) is 4.76. The van der Waals surface area contributed by atoms with E-state index in [1.165, 1.54) is 11.8 Å². The Bertz CT molecular complexity index is 1250. The molecule has 160 valence electrons. The molecule has 0 aliphatic carbocycles. The molecule has 0 saturated carbocycles. The van der Waals surface area contributed by atoms with Gasteiger partial charge in [-0.2, -0.15) is 5.10 Å². The summed E-state index contributed by atoms with van der Waals surface area (Å²) in [5, 5.41) is 7.86. The van der Waals surface area contributed by atoms with Crippen LogP contribution < -0.4 is 14.8 Å². The van der Waals surface area contributed by atoms with E-state index in [1.807, 2.05) is 30.3 Å². The molecule has 0 unspecified atom stereocenters. The summed E-state index contributed by atoms with van der Waals surface area (Å²) in [7, 11) is 0. The number of fused-ring (bicyclic) bond motifs is 1. The summed E-state index contributed by atoms with van der Waals surface area (Å²) in [6, 6.07) is 14.8. The molecule has 5 rings (SSSR count). The fourth-order valence-corrected chi connectivity index (χ4v) is 4.17. The maximum atomic E-state index is 13.1. The van der Waals surface area contributed by atoms with Crippen molar-refractivity contribution in [3.63, 3.8) is 0 Å². The highest BCUT2D eigenvalue weighted by molar-refractivity contribution is 7.99. The second-order valence-corrected chi connectivity index (χ2v) is 8.02. The van der Waals surface area contributed by atoms with Crippen LogP contribution in [0.5, 0.6) is 11.5 Å². The molecule has 0 atom stereocenters. The van der Waals surface area contributed by atoms with Gasteiger partial charge in [-0.15, -0.1) is 0 Å². The van der Waals surface area contributed by atoms with E-state index < -0.39 is 0 Å². The molecule has 0 radical (unpaired) electrons. The number of hydrogen-bond donors (Lipinski definition) is 1. The number of benzene rings is 1. The second kappa shape index (κ2) is 9.11. The van der Waals surface area contributed by atoms with Crippen molar-refractivity contribution in [1.82, 2.24) is 19.7 Å². The van der Waals surface area contributed by atoms with Crippen molar-refractivity contribution < 1.29 is 14.3 Å². The number of hydrogen-bond acceptors (Lipinski definition) is 7. The molecule has 0 bridgehead atoms. The lowest BCUT2D eigenvalue weighted by Gasteiger charge is -2.18. The lowest BCUT2D eigenvalue weighted by atomic mass is 10.2. The Morgan fingerprint density at radius 3 is 2.78 bits per heavy atom. The van der Waals surface area contributed by atoms with E-state index in [0.29, 0.717) is 41.9 Å². The van der Waals surface area contributed by atoms with Crippen molar-refractivity contribution in [2.75, 3.05) is 18.5 Å². The Morgan fingerprint density at radius 2 is 1.91 bits per heavy atom. The van der Waals surface area contributed by atoms with Crippen LogP contribution in [0, 0.1) is 0 Å². The first-order chi connectivity index (χ1) is 15.8. The Morgan fingerprint density at radius 1 is 1.03 bits per heavy atom. The number of amides is 1. The number of aromatic nitrogens is 4. The van der Waals surface area contributed by atoms with Crippen molar-refractivity contribution in [3.8, 4) is 11.5 Å². The molecule has 3 aromatic heterocycles. The maximum Gasteiger partial charge on any atom is 0.259 e. The molecular formula is C23H19N5O3S. The van der Waals surface area contributed by atoms with Crippen molar-refractivity contribution in [1.29, 1.82) is 0 Å². The first-order valence-electron chi connectivity index (χ1n) is 10.0. The van der Waals surface area contributed by atoms with E-state index in [1.54, 1.807) is 47.7 Å². The van der Waals surface area contributed by atoms with E-state index in [2.05, 4.69) is 20.4 Å². The zero-order valence-electron chi connectivity index (χ0n) is 17.0. The summed E-state index contributed by atoms with van der Waals surface area (Å²) >= 11 is 1.40. The van der Waals surface area contributed by atoms with Gasteiger partial charge in [-0.1, -0.05) is 17.8 Å². The minimum absolute atomic E-state index is 0.258. The van der Waals surface area contributed by atoms with Crippen molar-refractivity contribution >= 4 is 23.5 Å². The van der Waals surface area contributed by atoms with Gasteiger partial charge in [0.15, 0.2) is 11.5 Å². The highest BCUT2D eigenvalue weighted by Crippen LogP contribution is 2.37. The van der Waals surface area contributed by atoms with Gasteiger partial charge in [-0.3, -0.25) is 9.78 Å². The molecule has 0 saturated heterocycles. The third-order valence-corrected chi connectivity index (χ3v) is 5.77. The minimum atomic E-state index is -0.258. The Hall–Kier alpha value is -3.85. The van der Waals surface area contributed by atoms with Crippen LogP contribution in [0.1, 0.15) is 15.9 Å². The number of pyridine rings is 2. The highest BCUT2D eigenvalue weighted by Gasteiger charge is 2.17. The number of nitrogens with one attached hydrogen (secondary N) is 1. The number of ether oxygens (including phenoxy) is 2. The van der Waals surface area contributed by atoms with Gasteiger partial charge in [-0.25, -0.2) is 9.67 Å². The molecule has 0 spiro atoms. The smallest absolute Gasteiger partial charge is 0.259 e. The zero-order chi connectivity index (χ0) is 21.8. The molecule has 1 N–H and O–H groups in total. The van der Waals surface area contributed by atoms with E-state index in [0.717, 1.165) is 16.2 Å². The number of rotatable bonds is 6. The first kappa shape index (κ1) is 20.1. The standard InChI is InChI=1S/C23H19N5O3S/c29-22(27-21-7-10-26-28(21)15-16-3-1-8-24-14-16)18-4-2-9-25-23(18)32-17-5-6-19-20(13-17)31-12-11-30-19/h1-10,13-14H,11-12,15H2,(H,27,29). The fraction of sp³-hybridized carbons (Fsp3) is 0.130. The third kappa shape index (κ3) is 4.42. The molecule has 1 aromatic carbocycles. The first-order valence-corrected chi connectivity index (χ1v) is 10.8. The van der Waals surface area contributed by atoms with Gasteiger partial charge in [0, 0.05) is 29.6 Å². The predicted molar refractivity (Wildman–Crippen MR) is 119 cm³/mol. The van der Waals surface area contributed by atoms with Crippen LogP contribution >= 0.6 is 11.8 Å². The van der Waals surface area contributed by atoms with Crippen LogP contribution in [-0.2, 0) is 6.54 Å². The van der Waals surface area contributed by atoms with Gasteiger partial charge < -0.3 is 14.8 Å². The van der Waals surface area contributed by atoms with Crippen LogP contribution in [0.4, 0.5) is 5.82 Å². The molecule has 4 aromatic rings. The van der Waals surface area contributed by atoms with E-state index in [4.69, 9.17) is 9.47 Å². The molecule has 0 fully saturated rings. The van der Waals surface area contributed by atoms with Crippen molar-refractivity contribution in [2.24, 2.45) is 0 Å². The van der Waals surface area contributed by atoms with Crippen LogP contribution in [0.15, 0.2) is 83.2 Å². The number of nitrogens with zero attached hydrogens (tertiary/aromatic N) is 4. The van der Waals surface area contributed by atoms with Crippen molar-refractivity contribution in [2.45, 2.75) is 16.5 Å². The summed E-state index contributed by atoms with van der Waals surface area (Å²) in [5.74, 6) is 1.76. The second-order valence-electron chi connectivity index (χ2n) is 6.95. The van der Waals surface area contributed by atoms with Gasteiger partial charge in [-0.05, 0) is 42.0 Å². The average Bonchev–Trinajstić information content (AvgIpc) is 3.26. The predicted octanol–water partition coefficient (Wildman–Crippen LogP) is 3.90. The Balaban J connectivity index is 1.34. The van der Waals surface area contributed by atoms with Crippen LogP contribution in [0.2, 0.25) is 0 Å². The fourth-order valence-electron chi connectivity index (χ4n) is 3.26. The summed E-state index contributed by atoms with van der Waals surface area (Å²) in [6.07, 6.45) is 6.82. The monoisotopic (exact) mass is 445 g/mol. The average molecular weight is 446 g/mol. The molecule has 32 heavy (non-hydrogen) atoms. The lowest BCUT2D eigenvalue weighted by Crippen LogP contribution is -2.17. The summed E-state index contributed by atoms with van der Waals surface area (Å²) in [5.41, 5.74) is 1.46. The molecule has 1 amide bonds. The molecule has 8 nitrogen and oxygen atoms in total. The largest absolute Gasteiger partial charge is 0.486 e.